The highest BCUT2D eigenvalue weighted by molar-refractivity contribution is 6.87. The monoisotopic (exact) mass is 2050 g/mol. The van der Waals surface area contributed by atoms with Gasteiger partial charge in [-0.2, -0.15) is 0 Å². The van der Waals surface area contributed by atoms with E-state index < -0.39 is 70.1 Å². The summed E-state index contributed by atoms with van der Waals surface area (Å²) in [6, 6.07) is 69.0. The van der Waals surface area contributed by atoms with Gasteiger partial charge in [0.25, 0.3) is 0 Å². The quantitative estimate of drug-likeness (QED) is 0.0149. The van der Waals surface area contributed by atoms with Gasteiger partial charge in [0.05, 0.1) is 59.8 Å². The highest BCUT2D eigenvalue weighted by atomic mass is 28.5. The summed E-state index contributed by atoms with van der Waals surface area (Å²) in [4.78, 5) is 78.7. The number of carbonyl (C=O) groups is 6. The summed E-state index contributed by atoms with van der Waals surface area (Å²) in [5.74, 6) is 1.77. The average Bonchev–Trinajstić information content (AvgIpc) is 0.821. The van der Waals surface area contributed by atoms with Crippen molar-refractivity contribution in [1.82, 2.24) is 0 Å². The maximum absolute atomic E-state index is 13.2. The van der Waals surface area contributed by atoms with Gasteiger partial charge < -0.3 is 68.6 Å². The Labute approximate surface area is 867 Å². The molecule has 0 bridgehead atoms. The molecule has 0 amide bonds. The molecule has 0 aliphatic heterocycles. The van der Waals surface area contributed by atoms with Crippen molar-refractivity contribution in [1.29, 1.82) is 0 Å². The molecular formula is C120H158O21Si4. The predicted octanol–water partition coefficient (Wildman–Crippen LogP) is 32.3. The van der Waals surface area contributed by atoms with Gasteiger partial charge in [0.1, 0.15) is 57.5 Å². The zero-order valence-electron chi connectivity index (χ0n) is 87.8. The number of carbonyl (C=O) groups excluding carboxylic acids is 6. The second-order valence-electron chi connectivity index (χ2n) is 39.3. The average molecular weight is 2050 g/mol. The van der Waals surface area contributed by atoms with E-state index in [1.54, 1.807) is 206 Å². The van der Waals surface area contributed by atoms with Crippen LogP contribution in [0.15, 0.2) is 243 Å². The van der Waals surface area contributed by atoms with Crippen LogP contribution in [0.25, 0.3) is 22.3 Å². The van der Waals surface area contributed by atoms with Crippen LogP contribution < -0.4 is 47.4 Å². The van der Waals surface area contributed by atoms with Crippen LogP contribution in [0.1, 0.15) is 320 Å². The molecule has 0 heterocycles. The molecular weight excluding hydrogens is 1890 g/mol. The Balaban J connectivity index is 0.486. The highest BCUT2D eigenvalue weighted by Crippen LogP contribution is 2.34. The van der Waals surface area contributed by atoms with Crippen LogP contribution in [0.4, 0.5) is 0 Å². The summed E-state index contributed by atoms with van der Waals surface area (Å²) in [6.07, 6.45) is 45.5. The molecule has 0 unspecified atom stereocenters. The maximum atomic E-state index is 13.2. The Morgan fingerprint density at radius 1 is 0.179 bits per heavy atom. The maximum Gasteiger partial charge on any atom is 0.343 e. The molecule has 780 valence electrons. The number of hydrogen-bond donors (Lipinski definition) is 0. The van der Waals surface area contributed by atoms with Crippen LogP contribution in [0, 0.1) is 0 Å². The number of unbranched alkanes of at least 4 members (excludes halogenated alkanes) is 34. The number of rotatable bonds is 72. The largest absolute Gasteiger partial charge is 0.494 e. The van der Waals surface area contributed by atoms with Gasteiger partial charge in [0.15, 0.2) is 0 Å². The lowest BCUT2D eigenvalue weighted by atomic mass is 10.1. The zero-order valence-corrected chi connectivity index (χ0v) is 91.8. The summed E-state index contributed by atoms with van der Waals surface area (Å²) in [7, 11) is -10.1. The molecule has 10 aromatic rings. The van der Waals surface area contributed by atoms with E-state index in [0.29, 0.717) is 119 Å². The van der Waals surface area contributed by atoms with Crippen molar-refractivity contribution in [2.45, 2.75) is 310 Å². The predicted molar refractivity (Wildman–Crippen MR) is 586 cm³/mol. The zero-order chi connectivity index (χ0) is 103. The third-order valence-corrected chi connectivity index (χ3v) is 38.5. The van der Waals surface area contributed by atoms with Crippen molar-refractivity contribution in [2.24, 2.45) is 0 Å². The first-order valence-electron chi connectivity index (χ1n) is 53.5. The standard InChI is InChI=1S/C120H158O21Si4/c1-11-13-15-17-19-21-25-31-37-43-87-127-107-75-63-99(64-76-107)117(123)135-111-83-67-101(68-84-111)119(125)137-113-53-49-51-103(93-113)95-55-79-109(80-56-95)133-115(121)97-59-71-105(72-60-97)129-89-45-39-33-27-23-29-35-41-47-91-131-142(3,4)139-144(7,8)141-145(9,10)140-143(5,6)132-92-48-42-36-30-24-28-34-40-46-90-130-106-73-61-98(62-74-106)116(122)134-110-81-57-96(58-82-110)104-52-50-54-114(94-104)138-120(126)102-69-85-112(86-70-102)136-118(124)100-65-77-108(78-66-100)128-88-44-38-32-26-22-20-18-16-14-12-2/h49-86,93-94H,11-48,87-92H2,1-10H3. The second-order valence-corrected chi connectivity index (χ2v) is 53.5. The lowest BCUT2D eigenvalue weighted by molar-refractivity contribution is 0.0720. The first-order chi connectivity index (χ1) is 70.2. The van der Waals surface area contributed by atoms with Gasteiger partial charge in [-0.05, 0) is 307 Å². The topological polar surface area (TPSA) is 241 Å². The lowest BCUT2D eigenvalue weighted by Crippen LogP contribution is -2.57. The molecule has 0 aromatic heterocycles. The van der Waals surface area contributed by atoms with E-state index in [0.717, 1.165) is 112 Å². The fraction of sp³-hybridized carbons (Fsp3) is 0.450. The molecule has 0 radical (unpaired) electrons. The molecule has 0 saturated carbocycles. The van der Waals surface area contributed by atoms with Crippen LogP contribution in [0.3, 0.4) is 0 Å². The molecule has 0 aliphatic carbocycles. The van der Waals surface area contributed by atoms with Crippen LogP contribution in [-0.4, -0.2) is 110 Å². The van der Waals surface area contributed by atoms with E-state index >= 15 is 0 Å². The molecule has 10 rings (SSSR count). The van der Waals surface area contributed by atoms with Crippen molar-refractivity contribution in [3.05, 3.63) is 276 Å². The summed E-state index contributed by atoms with van der Waals surface area (Å²) >= 11 is 0. The van der Waals surface area contributed by atoms with E-state index in [4.69, 9.17) is 68.6 Å². The molecule has 0 spiro atoms. The number of hydrogen-bond acceptors (Lipinski definition) is 21. The van der Waals surface area contributed by atoms with Crippen molar-refractivity contribution in [3.63, 3.8) is 0 Å². The molecule has 0 fully saturated rings. The number of ether oxygens (including phenoxy) is 10. The Hall–Kier alpha value is -11.1. The molecule has 0 atom stereocenters. The van der Waals surface area contributed by atoms with Crippen LogP contribution in [0.2, 0.25) is 52.4 Å². The lowest BCUT2D eigenvalue weighted by Gasteiger charge is -2.40. The minimum atomic E-state index is -2.59. The van der Waals surface area contributed by atoms with E-state index in [1.807, 2.05) is 36.4 Å². The third-order valence-electron chi connectivity index (χ3n) is 24.9. The summed E-state index contributed by atoms with van der Waals surface area (Å²) < 4.78 is 91.1. The molecule has 0 saturated heterocycles. The Kier molecular flexibility index (Phi) is 51.2. The molecule has 10 aromatic carbocycles. The van der Waals surface area contributed by atoms with Crippen LogP contribution in [0.5, 0.6) is 57.5 Å². The van der Waals surface area contributed by atoms with Crippen LogP contribution in [-0.2, 0) is 21.2 Å². The molecule has 21 nitrogen and oxygen atoms in total. The molecule has 145 heavy (non-hydrogen) atoms. The van der Waals surface area contributed by atoms with Gasteiger partial charge >= 0.3 is 70.1 Å². The number of esters is 6. The van der Waals surface area contributed by atoms with Crippen molar-refractivity contribution >= 4 is 70.1 Å². The van der Waals surface area contributed by atoms with Crippen LogP contribution >= 0.6 is 0 Å². The second kappa shape index (κ2) is 64.1. The summed E-state index contributed by atoms with van der Waals surface area (Å²) in [6.45, 7) is 25.2. The van der Waals surface area contributed by atoms with Crippen molar-refractivity contribution < 1.29 is 97.3 Å². The molecule has 25 heteroatoms. The SMILES string of the molecule is CCCCCCCCCCCCOc1ccc(C(=O)Oc2ccc(C(=O)Oc3cccc(-c4ccc(OC(=O)c5ccc(OCCCCCCCCCCCO[Si](C)(C)O[Si](C)(C)O[Si](C)(C)O[Si](C)(C)OCCCCCCCCCCCOc6ccc(C(=O)Oc7ccc(-c8cccc(OC(=O)c9ccc(OC(=O)c%10ccc(OCCCCCCCCCCCC)cc%10)cc9)c8)cc7)cc6)cc5)cc4)c3)cc2)cc1. The smallest absolute Gasteiger partial charge is 0.343 e. The van der Waals surface area contributed by atoms with E-state index in [2.05, 4.69) is 66.2 Å². The minimum Gasteiger partial charge on any atom is -0.494 e. The normalized spacial score (nSPS) is 11.7. The van der Waals surface area contributed by atoms with Crippen molar-refractivity contribution in [2.75, 3.05) is 39.6 Å². The van der Waals surface area contributed by atoms with E-state index in [9.17, 15) is 28.8 Å². The van der Waals surface area contributed by atoms with E-state index in [-0.39, 0.29) is 11.1 Å². The first kappa shape index (κ1) is 116. The summed E-state index contributed by atoms with van der Waals surface area (Å²) in [5.41, 5.74) is 5.43. The minimum absolute atomic E-state index is 0.288. The van der Waals surface area contributed by atoms with Gasteiger partial charge in [-0.15, -0.1) is 0 Å². The fourth-order valence-corrected chi connectivity index (χ4v) is 34.3. The molecule has 0 aliphatic rings. The Morgan fingerprint density at radius 3 is 0.579 bits per heavy atom. The summed E-state index contributed by atoms with van der Waals surface area (Å²) in [5, 5.41) is 0. The van der Waals surface area contributed by atoms with Gasteiger partial charge in [0.2, 0.25) is 0 Å². The first-order valence-corrected chi connectivity index (χ1v) is 64.7. The van der Waals surface area contributed by atoms with Gasteiger partial charge in [-0.1, -0.05) is 268 Å². The van der Waals surface area contributed by atoms with Gasteiger partial charge in [-0.25, -0.2) is 28.8 Å². The Morgan fingerprint density at radius 2 is 0.359 bits per heavy atom. The third kappa shape index (κ3) is 45.8. The fourth-order valence-electron chi connectivity index (χ4n) is 17.3. The highest BCUT2D eigenvalue weighted by Gasteiger charge is 2.45. The molecule has 0 N–H and O–H groups in total. The van der Waals surface area contributed by atoms with E-state index in [1.165, 1.54) is 154 Å². The Bertz CT molecular complexity index is 5090. The number of benzene rings is 10. The van der Waals surface area contributed by atoms with Gasteiger partial charge in [0, 0.05) is 13.2 Å². The van der Waals surface area contributed by atoms with Crippen molar-refractivity contribution in [3.8, 4) is 79.7 Å². The van der Waals surface area contributed by atoms with Gasteiger partial charge in [-0.3, -0.25) is 0 Å².